The molecule has 0 heterocycles. The molecule has 0 aliphatic carbocycles. The van der Waals surface area contributed by atoms with Crippen LogP contribution >= 0.6 is 0 Å². The van der Waals surface area contributed by atoms with Gasteiger partial charge in [-0.15, -0.1) is 0 Å². The highest BCUT2D eigenvalue weighted by Crippen LogP contribution is 2.09. The summed E-state index contributed by atoms with van der Waals surface area (Å²) in [5.41, 5.74) is 0. The van der Waals surface area contributed by atoms with Crippen LogP contribution < -0.4 is 5.32 Å². The molecule has 0 aromatic rings. The SMILES string of the molecule is CCCCCCCCCC(=O)CCCNCCC. The van der Waals surface area contributed by atoms with Crippen molar-refractivity contribution in [1.29, 1.82) is 0 Å². The molecular weight excluding hydrogens is 222 g/mol. The van der Waals surface area contributed by atoms with Gasteiger partial charge in [0.25, 0.3) is 0 Å². The van der Waals surface area contributed by atoms with Crippen molar-refractivity contribution in [2.45, 2.75) is 84.5 Å². The maximum absolute atomic E-state index is 11.6. The van der Waals surface area contributed by atoms with Gasteiger partial charge in [0.2, 0.25) is 0 Å². The van der Waals surface area contributed by atoms with E-state index in [2.05, 4.69) is 19.2 Å². The van der Waals surface area contributed by atoms with Crippen LogP contribution in [0.3, 0.4) is 0 Å². The molecule has 18 heavy (non-hydrogen) atoms. The molecule has 0 spiro atoms. The summed E-state index contributed by atoms with van der Waals surface area (Å²) >= 11 is 0. The van der Waals surface area contributed by atoms with Gasteiger partial charge in [0.1, 0.15) is 5.78 Å². The second-order valence-electron chi connectivity index (χ2n) is 5.26. The molecule has 0 fully saturated rings. The molecule has 0 atom stereocenters. The predicted molar refractivity (Wildman–Crippen MR) is 80.0 cm³/mol. The van der Waals surface area contributed by atoms with E-state index < -0.39 is 0 Å². The molecule has 108 valence electrons. The third-order valence-corrected chi connectivity index (χ3v) is 3.30. The Labute approximate surface area is 114 Å². The van der Waals surface area contributed by atoms with Gasteiger partial charge < -0.3 is 5.32 Å². The highest BCUT2D eigenvalue weighted by atomic mass is 16.1. The first-order valence-electron chi connectivity index (χ1n) is 8.03. The van der Waals surface area contributed by atoms with Gasteiger partial charge in [-0.25, -0.2) is 0 Å². The molecule has 0 unspecified atom stereocenters. The molecule has 2 heteroatoms. The summed E-state index contributed by atoms with van der Waals surface area (Å²) in [7, 11) is 0. The lowest BCUT2D eigenvalue weighted by Gasteiger charge is -2.03. The van der Waals surface area contributed by atoms with Gasteiger partial charge in [-0.3, -0.25) is 4.79 Å². The zero-order chi connectivity index (χ0) is 13.5. The molecule has 0 radical (unpaired) electrons. The van der Waals surface area contributed by atoms with Crippen molar-refractivity contribution in [2.24, 2.45) is 0 Å². The molecule has 0 aromatic carbocycles. The Hall–Kier alpha value is -0.370. The van der Waals surface area contributed by atoms with Gasteiger partial charge in [0.05, 0.1) is 0 Å². The van der Waals surface area contributed by atoms with E-state index in [1.807, 2.05) is 0 Å². The highest BCUT2D eigenvalue weighted by Gasteiger charge is 2.01. The Morgan fingerprint density at radius 3 is 2.00 bits per heavy atom. The fourth-order valence-corrected chi connectivity index (χ4v) is 2.12. The van der Waals surface area contributed by atoms with Crippen LogP contribution in [0.1, 0.15) is 84.5 Å². The zero-order valence-electron chi connectivity index (χ0n) is 12.6. The second kappa shape index (κ2) is 14.7. The quantitative estimate of drug-likeness (QED) is 0.464. The molecule has 0 saturated heterocycles. The standard InChI is InChI=1S/C16H33NO/c1-3-5-6-7-8-9-10-12-16(18)13-11-15-17-14-4-2/h17H,3-15H2,1-2H3. The zero-order valence-corrected chi connectivity index (χ0v) is 12.6. The topological polar surface area (TPSA) is 29.1 Å². The van der Waals surface area contributed by atoms with Crippen LogP contribution in [-0.4, -0.2) is 18.9 Å². The van der Waals surface area contributed by atoms with E-state index in [0.29, 0.717) is 5.78 Å². The molecule has 2 nitrogen and oxygen atoms in total. The summed E-state index contributed by atoms with van der Waals surface area (Å²) < 4.78 is 0. The smallest absolute Gasteiger partial charge is 0.132 e. The summed E-state index contributed by atoms with van der Waals surface area (Å²) in [5, 5.41) is 3.33. The first-order valence-corrected chi connectivity index (χ1v) is 8.03. The first-order chi connectivity index (χ1) is 8.81. The van der Waals surface area contributed by atoms with E-state index in [-0.39, 0.29) is 0 Å². The maximum atomic E-state index is 11.6. The van der Waals surface area contributed by atoms with Gasteiger partial charge in [-0.05, 0) is 32.4 Å². The maximum Gasteiger partial charge on any atom is 0.132 e. The number of rotatable bonds is 14. The molecule has 0 rings (SSSR count). The third kappa shape index (κ3) is 13.7. The van der Waals surface area contributed by atoms with E-state index >= 15 is 0 Å². The fourth-order valence-electron chi connectivity index (χ4n) is 2.12. The molecular formula is C16H33NO. The predicted octanol–water partition coefficient (Wildman–Crippen LogP) is 4.48. The minimum Gasteiger partial charge on any atom is -0.317 e. The van der Waals surface area contributed by atoms with Crippen LogP contribution in [0.15, 0.2) is 0 Å². The van der Waals surface area contributed by atoms with Gasteiger partial charge in [0.15, 0.2) is 0 Å². The number of ketones is 1. The van der Waals surface area contributed by atoms with E-state index in [4.69, 9.17) is 0 Å². The molecule has 0 aliphatic heterocycles. The van der Waals surface area contributed by atoms with Crippen LogP contribution in [0.4, 0.5) is 0 Å². The molecule has 0 aliphatic rings. The van der Waals surface area contributed by atoms with Gasteiger partial charge in [0, 0.05) is 12.8 Å². The minimum absolute atomic E-state index is 0.460. The number of hydrogen-bond acceptors (Lipinski definition) is 2. The Morgan fingerprint density at radius 1 is 0.722 bits per heavy atom. The summed E-state index contributed by atoms with van der Waals surface area (Å²) in [6, 6.07) is 0. The largest absolute Gasteiger partial charge is 0.317 e. The van der Waals surface area contributed by atoms with E-state index in [1.54, 1.807) is 0 Å². The monoisotopic (exact) mass is 255 g/mol. The van der Waals surface area contributed by atoms with Crippen molar-refractivity contribution in [3.63, 3.8) is 0 Å². The first kappa shape index (κ1) is 17.6. The van der Waals surface area contributed by atoms with E-state index in [1.165, 1.54) is 44.9 Å². The minimum atomic E-state index is 0.460. The Bertz CT molecular complexity index is 180. The van der Waals surface area contributed by atoms with Crippen LogP contribution in [0.5, 0.6) is 0 Å². The van der Waals surface area contributed by atoms with Crippen molar-refractivity contribution in [1.82, 2.24) is 5.32 Å². The van der Waals surface area contributed by atoms with E-state index in [0.717, 1.165) is 38.8 Å². The Balaban J connectivity index is 3.12. The lowest BCUT2D eigenvalue weighted by molar-refractivity contribution is -0.119. The molecule has 0 bridgehead atoms. The van der Waals surface area contributed by atoms with Crippen molar-refractivity contribution in [3.05, 3.63) is 0 Å². The number of carbonyl (C=O) groups is 1. The molecule has 0 saturated carbocycles. The number of unbranched alkanes of at least 4 members (excludes halogenated alkanes) is 6. The van der Waals surface area contributed by atoms with Gasteiger partial charge in [-0.1, -0.05) is 52.4 Å². The van der Waals surface area contributed by atoms with Crippen LogP contribution in [0.2, 0.25) is 0 Å². The number of nitrogens with one attached hydrogen (secondary N) is 1. The third-order valence-electron chi connectivity index (χ3n) is 3.30. The van der Waals surface area contributed by atoms with Crippen molar-refractivity contribution in [3.8, 4) is 0 Å². The molecule has 1 N–H and O–H groups in total. The normalized spacial score (nSPS) is 10.8. The summed E-state index contributed by atoms with van der Waals surface area (Å²) in [6.07, 6.45) is 12.8. The average Bonchev–Trinajstić information content (AvgIpc) is 2.37. The van der Waals surface area contributed by atoms with Crippen molar-refractivity contribution < 1.29 is 4.79 Å². The average molecular weight is 255 g/mol. The lowest BCUT2D eigenvalue weighted by Crippen LogP contribution is -2.16. The number of carbonyl (C=O) groups excluding carboxylic acids is 1. The van der Waals surface area contributed by atoms with Crippen LogP contribution in [0, 0.1) is 0 Å². The van der Waals surface area contributed by atoms with Crippen molar-refractivity contribution >= 4 is 5.78 Å². The van der Waals surface area contributed by atoms with E-state index in [9.17, 15) is 4.79 Å². The lowest BCUT2D eigenvalue weighted by atomic mass is 10.1. The number of Topliss-reactive ketones (excluding diaryl/α,β-unsaturated/α-hetero) is 1. The van der Waals surface area contributed by atoms with Gasteiger partial charge in [-0.2, -0.15) is 0 Å². The van der Waals surface area contributed by atoms with Gasteiger partial charge >= 0.3 is 0 Å². The van der Waals surface area contributed by atoms with Crippen molar-refractivity contribution in [2.75, 3.05) is 13.1 Å². The van der Waals surface area contributed by atoms with Crippen LogP contribution in [0.25, 0.3) is 0 Å². The molecule has 0 aromatic heterocycles. The Morgan fingerprint density at radius 2 is 1.33 bits per heavy atom. The second-order valence-corrected chi connectivity index (χ2v) is 5.26. The highest BCUT2D eigenvalue weighted by molar-refractivity contribution is 5.78. The number of hydrogen-bond donors (Lipinski definition) is 1. The summed E-state index contributed by atoms with van der Waals surface area (Å²) in [6.45, 7) is 6.48. The summed E-state index contributed by atoms with van der Waals surface area (Å²) in [5.74, 6) is 0.460. The Kier molecular flexibility index (Phi) is 14.4. The molecule has 0 amide bonds. The van der Waals surface area contributed by atoms with Crippen LogP contribution in [-0.2, 0) is 4.79 Å². The fraction of sp³-hybridized carbons (Fsp3) is 0.938. The summed E-state index contributed by atoms with van der Waals surface area (Å²) in [4.78, 5) is 11.6.